The summed E-state index contributed by atoms with van der Waals surface area (Å²) in [5, 5.41) is 23.2. The number of nitrogens with one attached hydrogen (secondary N) is 1. The zero-order valence-electron chi connectivity index (χ0n) is 11.4. The van der Waals surface area contributed by atoms with Gasteiger partial charge < -0.3 is 10.4 Å². The maximum absolute atomic E-state index is 10.6. The molecular weight excluding hydrogens is 260 g/mol. The average molecular weight is 278 g/mol. The second kappa shape index (κ2) is 6.78. The molecule has 0 saturated heterocycles. The van der Waals surface area contributed by atoms with Crippen molar-refractivity contribution < 1.29 is 9.90 Å². The SMILES string of the molecule is CCC(CCNc1cncc2nnnn12)CCC(=O)O. The molecule has 2 rings (SSSR count). The third-order valence-electron chi connectivity index (χ3n) is 3.31. The van der Waals surface area contributed by atoms with E-state index in [-0.39, 0.29) is 6.42 Å². The molecule has 1 unspecified atom stereocenters. The van der Waals surface area contributed by atoms with Crippen molar-refractivity contribution in [3.63, 3.8) is 0 Å². The second-order valence-corrected chi connectivity index (χ2v) is 4.66. The van der Waals surface area contributed by atoms with E-state index in [1.807, 2.05) is 0 Å². The predicted molar refractivity (Wildman–Crippen MR) is 72.3 cm³/mol. The van der Waals surface area contributed by atoms with E-state index in [2.05, 4.69) is 32.7 Å². The fraction of sp³-hybridized carbons (Fsp3) is 0.583. The van der Waals surface area contributed by atoms with Gasteiger partial charge in [0.05, 0.1) is 12.4 Å². The van der Waals surface area contributed by atoms with Crippen LogP contribution in [0.15, 0.2) is 12.4 Å². The number of rotatable bonds is 8. The lowest BCUT2D eigenvalue weighted by molar-refractivity contribution is -0.137. The molecular formula is C12H18N6O2. The summed E-state index contributed by atoms with van der Waals surface area (Å²) >= 11 is 0. The molecule has 2 aromatic rings. The molecule has 0 aliphatic heterocycles. The Bertz CT molecular complexity index is 570. The standard InChI is InChI=1S/C12H18N6O2/c1-2-9(3-4-12(19)20)5-6-14-10-7-13-8-11-15-16-17-18(10)11/h7-9,14H,2-6H2,1H3,(H,19,20). The topological polar surface area (TPSA) is 105 Å². The minimum atomic E-state index is -0.737. The van der Waals surface area contributed by atoms with Crippen LogP contribution in [-0.2, 0) is 4.79 Å². The Kier molecular flexibility index (Phi) is 4.80. The molecule has 2 heterocycles. The molecule has 2 aromatic heterocycles. The van der Waals surface area contributed by atoms with Gasteiger partial charge in [0, 0.05) is 13.0 Å². The van der Waals surface area contributed by atoms with Gasteiger partial charge in [-0.25, -0.2) is 0 Å². The summed E-state index contributed by atoms with van der Waals surface area (Å²) in [7, 11) is 0. The first-order valence-electron chi connectivity index (χ1n) is 6.68. The van der Waals surface area contributed by atoms with E-state index in [0.29, 0.717) is 18.0 Å². The number of fused-ring (bicyclic) bond motifs is 1. The van der Waals surface area contributed by atoms with Crippen molar-refractivity contribution in [3.05, 3.63) is 12.4 Å². The number of aliphatic carboxylic acids is 1. The van der Waals surface area contributed by atoms with Crippen LogP contribution in [0.25, 0.3) is 5.65 Å². The molecule has 8 heteroatoms. The number of carboxylic acid groups (broad SMARTS) is 1. The third kappa shape index (κ3) is 3.62. The van der Waals surface area contributed by atoms with Crippen LogP contribution >= 0.6 is 0 Å². The first-order chi connectivity index (χ1) is 9.70. The first kappa shape index (κ1) is 14.2. The van der Waals surface area contributed by atoms with Crippen LogP contribution in [0.1, 0.15) is 32.6 Å². The molecule has 0 saturated carbocycles. The minimum Gasteiger partial charge on any atom is -0.481 e. The summed E-state index contributed by atoms with van der Waals surface area (Å²) in [6.07, 6.45) is 6.07. The Hall–Kier alpha value is -2.25. The molecule has 0 aliphatic rings. The van der Waals surface area contributed by atoms with Gasteiger partial charge in [-0.3, -0.25) is 9.78 Å². The Morgan fingerprint density at radius 1 is 1.45 bits per heavy atom. The molecule has 0 radical (unpaired) electrons. The summed E-state index contributed by atoms with van der Waals surface area (Å²) in [4.78, 5) is 14.6. The van der Waals surface area contributed by atoms with Gasteiger partial charge in [-0.1, -0.05) is 13.3 Å². The Labute approximate surface area is 116 Å². The van der Waals surface area contributed by atoms with E-state index in [4.69, 9.17) is 5.11 Å². The highest BCUT2D eigenvalue weighted by atomic mass is 16.4. The highest BCUT2D eigenvalue weighted by Gasteiger charge is 2.09. The highest BCUT2D eigenvalue weighted by molar-refractivity contribution is 5.66. The van der Waals surface area contributed by atoms with Gasteiger partial charge in [0.2, 0.25) is 0 Å². The van der Waals surface area contributed by atoms with Gasteiger partial charge in [-0.2, -0.15) is 4.52 Å². The lowest BCUT2D eigenvalue weighted by atomic mass is 9.97. The van der Waals surface area contributed by atoms with Crippen LogP contribution in [0.3, 0.4) is 0 Å². The van der Waals surface area contributed by atoms with Crippen LogP contribution in [0.5, 0.6) is 0 Å². The van der Waals surface area contributed by atoms with E-state index in [1.165, 1.54) is 0 Å². The molecule has 20 heavy (non-hydrogen) atoms. The maximum atomic E-state index is 10.6. The number of carbonyl (C=O) groups is 1. The van der Waals surface area contributed by atoms with E-state index in [9.17, 15) is 4.79 Å². The smallest absolute Gasteiger partial charge is 0.303 e. The molecule has 0 spiro atoms. The normalized spacial score (nSPS) is 12.4. The summed E-state index contributed by atoms with van der Waals surface area (Å²) in [5.74, 6) is 0.402. The van der Waals surface area contributed by atoms with Crippen LogP contribution < -0.4 is 5.32 Å². The largest absolute Gasteiger partial charge is 0.481 e. The molecule has 0 fully saturated rings. The Morgan fingerprint density at radius 3 is 3.05 bits per heavy atom. The summed E-state index contributed by atoms with van der Waals surface area (Å²) in [5.41, 5.74) is 0.591. The fourth-order valence-corrected chi connectivity index (χ4v) is 2.08. The fourth-order valence-electron chi connectivity index (χ4n) is 2.08. The molecule has 108 valence electrons. The van der Waals surface area contributed by atoms with Crippen LogP contribution in [0.2, 0.25) is 0 Å². The predicted octanol–water partition coefficient (Wildman–Crippen LogP) is 1.21. The Morgan fingerprint density at radius 2 is 2.30 bits per heavy atom. The second-order valence-electron chi connectivity index (χ2n) is 4.66. The van der Waals surface area contributed by atoms with Crippen molar-refractivity contribution >= 4 is 17.4 Å². The van der Waals surface area contributed by atoms with E-state index < -0.39 is 5.97 Å². The van der Waals surface area contributed by atoms with Crippen molar-refractivity contribution in [2.24, 2.45) is 5.92 Å². The van der Waals surface area contributed by atoms with Gasteiger partial charge in [0.25, 0.3) is 0 Å². The van der Waals surface area contributed by atoms with Crippen molar-refractivity contribution in [1.29, 1.82) is 0 Å². The molecule has 0 aromatic carbocycles. The van der Waals surface area contributed by atoms with Gasteiger partial charge >= 0.3 is 5.97 Å². The summed E-state index contributed by atoms with van der Waals surface area (Å²) in [6.45, 7) is 2.81. The number of hydrogen-bond donors (Lipinski definition) is 2. The van der Waals surface area contributed by atoms with Crippen molar-refractivity contribution in [1.82, 2.24) is 25.0 Å². The molecule has 0 bridgehead atoms. The highest BCUT2D eigenvalue weighted by Crippen LogP contribution is 2.16. The molecule has 0 aliphatic carbocycles. The zero-order valence-corrected chi connectivity index (χ0v) is 11.4. The lowest BCUT2D eigenvalue weighted by Crippen LogP contribution is -2.12. The van der Waals surface area contributed by atoms with Crippen LogP contribution in [-0.4, -0.2) is 42.6 Å². The molecule has 0 amide bonds. The maximum Gasteiger partial charge on any atom is 0.303 e. The van der Waals surface area contributed by atoms with Gasteiger partial charge in [0.1, 0.15) is 5.82 Å². The Balaban J connectivity index is 1.85. The van der Waals surface area contributed by atoms with Gasteiger partial charge in [-0.15, -0.1) is 5.10 Å². The van der Waals surface area contributed by atoms with E-state index >= 15 is 0 Å². The zero-order chi connectivity index (χ0) is 14.4. The lowest BCUT2D eigenvalue weighted by Gasteiger charge is -2.14. The number of carboxylic acids is 1. The first-order valence-corrected chi connectivity index (χ1v) is 6.68. The van der Waals surface area contributed by atoms with Gasteiger partial charge in [-0.05, 0) is 29.2 Å². The number of anilines is 1. The van der Waals surface area contributed by atoms with Crippen LogP contribution in [0.4, 0.5) is 5.82 Å². The van der Waals surface area contributed by atoms with Crippen molar-refractivity contribution in [3.8, 4) is 0 Å². The van der Waals surface area contributed by atoms with E-state index in [0.717, 1.165) is 25.2 Å². The monoisotopic (exact) mass is 278 g/mol. The average Bonchev–Trinajstić information content (AvgIpc) is 2.91. The van der Waals surface area contributed by atoms with Gasteiger partial charge in [0.15, 0.2) is 5.65 Å². The molecule has 1 atom stereocenters. The summed E-state index contributed by atoms with van der Waals surface area (Å²) < 4.78 is 1.59. The van der Waals surface area contributed by atoms with Crippen molar-refractivity contribution in [2.75, 3.05) is 11.9 Å². The quantitative estimate of drug-likeness (QED) is 0.747. The van der Waals surface area contributed by atoms with Crippen LogP contribution in [0, 0.1) is 5.92 Å². The van der Waals surface area contributed by atoms with E-state index in [1.54, 1.807) is 16.9 Å². The third-order valence-corrected chi connectivity index (χ3v) is 3.31. The summed E-state index contributed by atoms with van der Waals surface area (Å²) in [6, 6.07) is 0. The minimum absolute atomic E-state index is 0.225. The number of hydrogen-bond acceptors (Lipinski definition) is 6. The number of tetrazole rings is 1. The van der Waals surface area contributed by atoms with Crippen molar-refractivity contribution in [2.45, 2.75) is 32.6 Å². The molecule has 2 N–H and O–H groups in total. The number of aromatic nitrogens is 5. The molecule has 8 nitrogen and oxygen atoms in total. The number of nitrogens with zero attached hydrogens (tertiary/aromatic N) is 5.